The molecular weight excluding hydrogens is 516 g/mol. The number of ether oxygens (including phenoxy) is 2. The van der Waals surface area contributed by atoms with Crippen molar-refractivity contribution in [2.45, 2.75) is 37.9 Å². The lowest BCUT2D eigenvalue weighted by molar-refractivity contribution is -0.0619. The third-order valence-electron chi connectivity index (χ3n) is 5.56. The minimum atomic E-state index is -3.60. The second-order valence-corrected chi connectivity index (χ2v) is 9.86. The van der Waals surface area contributed by atoms with Gasteiger partial charge in [0.25, 0.3) is 0 Å². The summed E-state index contributed by atoms with van der Waals surface area (Å²) < 4.78 is 24.9. The molecule has 3 N–H and O–H groups in total. The van der Waals surface area contributed by atoms with Crippen molar-refractivity contribution in [1.82, 2.24) is 19.5 Å². The highest BCUT2D eigenvalue weighted by molar-refractivity contribution is 9.10. The summed E-state index contributed by atoms with van der Waals surface area (Å²) in [6.07, 6.45) is -1.53. The summed E-state index contributed by atoms with van der Waals surface area (Å²) in [4.78, 5) is 36.0. The first-order chi connectivity index (χ1) is 15.8. The van der Waals surface area contributed by atoms with Gasteiger partial charge in [-0.1, -0.05) is 25.1 Å². The normalized spacial score (nSPS) is 29.2. The second-order valence-electron chi connectivity index (χ2n) is 7.56. The van der Waals surface area contributed by atoms with E-state index in [0.29, 0.717) is 27.9 Å². The van der Waals surface area contributed by atoms with Gasteiger partial charge in [0.05, 0.1) is 5.56 Å². The molecule has 2 radical (unpaired) electrons. The van der Waals surface area contributed by atoms with Gasteiger partial charge in [-0.15, -0.1) is 0 Å². The Kier molecular flexibility index (Phi) is 5.88. The van der Waals surface area contributed by atoms with Crippen LogP contribution in [0.4, 0.5) is 5.82 Å². The quantitative estimate of drug-likeness (QED) is 0.221. The number of rotatable bonds is 4. The molecule has 11 nitrogen and oxygen atoms in total. The first-order valence-corrected chi connectivity index (χ1v) is 12.5. The molecule has 2 fully saturated rings. The standard InChI is InChI=1S/C19H19BBrN5O6P/c1-2-9-5-3-4-6-10(9)18(27)31-14-13-11(7-29-33(20,28)32-13)30-17(14)26-16-12(25-19(26)21)15(22)23-8-24-16/h3-6,8,11,13-14,17,28H,2,7H2,1H3,(H2,22,23,24)/q+1/t11-,13+,14?,17-,33?/m1/s1. The first-order valence-electron chi connectivity index (χ1n) is 10.1. The molecule has 2 aliphatic heterocycles. The molecule has 5 rings (SSSR count). The van der Waals surface area contributed by atoms with E-state index in [-0.39, 0.29) is 12.4 Å². The third kappa shape index (κ3) is 4.03. The second kappa shape index (κ2) is 8.57. The number of halogens is 1. The van der Waals surface area contributed by atoms with E-state index in [1.54, 1.807) is 16.7 Å². The van der Waals surface area contributed by atoms with Crippen LogP contribution in [0.5, 0.6) is 0 Å². The monoisotopic (exact) mass is 534 g/mol. The SMILES string of the molecule is [B][P+]1(O)OC[C@H]2O[C@@H](n3c(Br)nc4c(N)ncnc43)C(OC(=O)c3ccccc3CC)[C@H]2O1. The molecule has 170 valence electrons. The molecule has 0 aliphatic carbocycles. The van der Waals surface area contributed by atoms with E-state index in [2.05, 4.69) is 30.9 Å². The molecule has 14 heteroatoms. The molecule has 2 aromatic heterocycles. The van der Waals surface area contributed by atoms with Crippen molar-refractivity contribution in [2.75, 3.05) is 12.3 Å². The maximum absolute atomic E-state index is 13.2. The molecule has 0 bridgehead atoms. The van der Waals surface area contributed by atoms with Crippen molar-refractivity contribution in [2.24, 2.45) is 0 Å². The molecule has 0 amide bonds. The minimum absolute atomic E-state index is 0.0388. The van der Waals surface area contributed by atoms with Crippen molar-refractivity contribution in [3.05, 3.63) is 46.5 Å². The van der Waals surface area contributed by atoms with E-state index in [4.69, 9.17) is 31.8 Å². The zero-order chi connectivity index (χ0) is 23.3. The smallest absolute Gasteiger partial charge is 0.451 e. The summed E-state index contributed by atoms with van der Waals surface area (Å²) in [6, 6.07) is 7.16. The fraction of sp³-hybridized carbons (Fsp3) is 0.368. The van der Waals surface area contributed by atoms with Crippen molar-refractivity contribution in [3.63, 3.8) is 0 Å². The Morgan fingerprint density at radius 1 is 1.42 bits per heavy atom. The number of esters is 1. The molecule has 3 aromatic rings. The van der Waals surface area contributed by atoms with Crippen LogP contribution in [0.25, 0.3) is 11.2 Å². The van der Waals surface area contributed by atoms with E-state index >= 15 is 0 Å². The van der Waals surface area contributed by atoms with Crippen molar-refractivity contribution >= 4 is 54.3 Å². The Bertz CT molecular complexity index is 1230. The number of carbonyl (C=O) groups excluding carboxylic acids is 1. The van der Waals surface area contributed by atoms with Gasteiger partial charge in [-0.05, 0) is 34.0 Å². The number of nitrogens with two attached hydrogens (primary N) is 1. The Labute approximate surface area is 198 Å². The van der Waals surface area contributed by atoms with E-state index in [0.717, 1.165) is 5.56 Å². The number of fused-ring (bicyclic) bond motifs is 2. The molecule has 2 unspecified atom stereocenters. The van der Waals surface area contributed by atoms with Gasteiger partial charge in [-0.25, -0.2) is 24.6 Å². The Morgan fingerprint density at radius 3 is 3.00 bits per heavy atom. The molecule has 5 atom stereocenters. The van der Waals surface area contributed by atoms with E-state index in [1.165, 1.54) is 6.33 Å². The highest BCUT2D eigenvalue weighted by atomic mass is 79.9. The third-order valence-corrected chi connectivity index (χ3v) is 7.18. The van der Waals surface area contributed by atoms with Crippen LogP contribution in [0.2, 0.25) is 0 Å². The molecule has 0 spiro atoms. The van der Waals surface area contributed by atoms with Gasteiger partial charge in [0.1, 0.15) is 19.0 Å². The number of benzene rings is 1. The Hall–Kier alpha value is -2.15. The number of carbonyl (C=O) groups is 1. The lowest BCUT2D eigenvalue weighted by Gasteiger charge is -2.29. The van der Waals surface area contributed by atoms with Gasteiger partial charge >= 0.3 is 21.4 Å². The molecule has 2 saturated heterocycles. The van der Waals surface area contributed by atoms with E-state index in [9.17, 15) is 9.69 Å². The summed E-state index contributed by atoms with van der Waals surface area (Å²) in [5.41, 5.74) is 7.93. The van der Waals surface area contributed by atoms with Gasteiger partial charge < -0.3 is 15.2 Å². The number of aryl methyl sites for hydroxylation is 1. The molecule has 1 aromatic carbocycles. The number of nitrogens with zero attached hydrogens (tertiary/aromatic N) is 4. The van der Waals surface area contributed by atoms with Gasteiger partial charge in [0, 0.05) is 0 Å². The Balaban J connectivity index is 1.56. The number of hydrogen-bond acceptors (Lipinski definition) is 10. The number of nitrogen functional groups attached to an aromatic ring is 1. The fourth-order valence-electron chi connectivity index (χ4n) is 4.03. The number of hydrogen-bond donors (Lipinski definition) is 2. The average molecular weight is 535 g/mol. The predicted octanol–water partition coefficient (Wildman–Crippen LogP) is 2.11. The average Bonchev–Trinajstić information content (AvgIpc) is 3.30. The molecular formula is C19H19BBrN5O6P+. The zero-order valence-electron chi connectivity index (χ0n) is 17.4. The van der Waals surface area contributed by atoms with Crippen molar-refractivity contribution in [3.8, 4) is 0 Å². The van der Waals surface area contributed by atoms with Crippen LogP contribution in [-0.2, 0) is 24.9 Å². The van der Waals surface area contributed by atoms with Gasteiger partial charge in [-0.3, -0.25) is 4.57 Å². The summed E-state index contributed by atoms with van der Waals surface area (Å²) >= 11 is 3.41. The maximum atomic E-state index is 13.2. The minimum Gasteiger partial charge on any atom is -0.451 e. The highest BCUT2D eigenvalue weighted by Gasteiger charge is 2.59. The van der Waals surface area contributed by atoms with Crippen LogP contribution in [0.3, 0.4) is 0 Å². The first kappa shape index (κ1) is 22.6. The maximum Gasteiger partial charge on any atom is 0.488 e. The highest BCUT2D eigenvalue weighted by Crippen LogP contribution is 2.59. The number of aromatic nitrogens is 4. The largest absolute Gasteiger partial charge is 0.488 e. The lowest BCUT2D eigenvalue weighted by Crippen LogP contribution is -2.42. The van der Waals surface area contributed by atoms with Gasteiger partial charge in [0.2, 0.25) is 0 Å². The lowest BCUT2D eigenvalue weighted by atomic mass is 10.1. The Morgan fingerprint density at radius 2 is 2.21 bits per heavy atom. The van der Waals surface area contributed by atoms with Crippen LogP contribution in [0.15, 0.2) is 35.3 Å². The van der Waals surface area contributed by atoms with Gasteiger partial charge in [-0.2, -0.15) is 9.05 Å². The van der Waals surface area contributed by atoms with Gasteiger partial charge in [0.15, 0.2) is 40.2 Å². The summed E-state index contributed by atoms with van der Waals surface area (Å²) in [5, 5.41) is 0. The summed E-state index contributed by atoms with van der Waals surface area (Å²) in [6.45, 7) is 1.91. The fourth-order valence-corrected chi connectivity index (χ4v) is 5.60. The van der Waals surface area contributed by atoms with Crippen LogP contribution in [0, 0.1) is 0 Å². The zero-order valence-corrected chi connectivity index (χ0v) is 19.8. The van der Waals surface area contributed by atoms with Crippen LogP contribution in [0.1, 0.15) is 29.1 Å². The van der Waals surface area contributed by atoms with Crippen LogP contribution < -0.4 is 5.73 Å². The predicted molar refractivity (Wildman–Crippen MR) is 122 cm³/mol. The van der Waals surface area contributed by atoms with Crippen LogP contribution in [-0.4, -0.2) is 62.9 Å². The van der Waals surface area contributed by atoms with Crippen molar-refractivity contribution in [1.29, 1.82) is 0 Å². The molecule has 33 heavy (non-hydrogen) atoms. The topological polar surface area (TPSA) is 144 Å². The van der Waals surface area contributed by atoms with Crippen LogP contribution >= 0.6 is 23.8 Å². The van der Waals surface area contributed by atoms with E-state index in [1.807, 2.05) is 19.1 Å². The summed E-state index contributed by atoms with van der Waals surface area (Å²) in [5.74, 6) is -0.377. The molecule has 4 heterocycles. The van der Waals surface area contributed by atoms with Crippen molar-refractivity contribution < 1.29 is 28.2 Å². The summed E-state index contributed by atoms with van der Waals surface area (Å²) in [7, 11) is 2.15. The number of anilines is 1. The molecule has 2 aliphatic rings. The van der Waals surface area contributed by atoms with E-state index < -0.39 is 38.3 Å². The number of imidazole rings is 1. The molecule has 0 saturated carbocycles.